The molecule has 0 amide bonds. The summed E-state index contributed by atoms with van der Waals surface area (Å²) in [5.74, 6) is 0. The number of hydrogen-bond acceptors (Lipinski definition) is 3. The molecule has 8 heteroatoms. The number of hydrogen-bond donors (Lipinski definition) is 0. The quantitative estimate of drug-likeness (QED) is 0.687. The molecule has 0 aliphatic carbocycles. The molecule has 3 nitrogen and oxygen atoms in total. The van der Waals surface area contributed by atoms with E-state index in [1.54, 1.807) is 24.3 Å². The minimum absolute atomic E-state index is 0.149. The van der Waals surface area contributed by atoms with Gasteiger partial charge in [-0.05, 0) is 30.2 Å². The van der Waals surface area contributed by atoms with Crippen LogP contribution in [0.3, 0.4) is 0 Å². The molecule has 23 heavy (non-hydrogen) atoms. The summed E-state index contributed by atoms with van der Waals surface area (Å²) >= 11 is 2.76. The molecule has 0 aliphatic rings. The van der Waals surface area contributed by atoms with Crippen LogP contribution in [0.1, 0.15) is 11.1 Å². The van der Waals surface area contributed by atoms with Crippen LogP contribution in [0.5, 0.6) is 0 Å². The van der Waals surface area contributed by atoms with E-state index in [1.807, 2.05) is 6.07 Å². The summed E-state index contributed by atoms with van der Waals surface area (Å²) in [5.41, 5.74) is -0.195. The first kappa shape index (κ1) is 18.0. The highest BCUT2D eigenvalue weighted by molar-refractivity contribution is 9.10. The Morgan fingerprint density at radius 1 is 1.04 bits per heavy atom. The molecule has 0 aliphatic heterocycles. The van der Waals surface area contributed by atoms with E-state index in [0.29, 0.717) is 12.5 Å². The van der Waals surface area contributed by atoms with Crippen molar-refractivity contribution in [1.82, 2.24) is 0 Å². The van der Waals surface area contributed by atoms with E-state index in [-0.39, 0.29) is 11.1 Å². The molecule has 124 valence electrons. The standard InChI is InChI=1S/C15H12BrF3O3S/c16-14-7-6-12(10-13(14)15(17,18)19)23(20,21)22-9-8-11-4-2-1-3-5-11/h1-7,10H,8-9H2. The normalized spacial score (nSPS) is 12.3. The Balaban J connectivity index is 2.13. The zero-order chi connectivity index (χ0) is 17.1. The molecule has 0 saturated carbocycles. The average molecular weight is 409 g/mol. The van der Waals surface area contributed by atoms with Gasteiger partial charge in [0.15, 0.2) is 0 Å². The number of alkyl halides is 3. The average Bonchev–Trinajstić information content (AvgIpc) is 2.47. The van der Waals surface area contributed by atoms with E-state index < -0.39 is 26.8 Å². The smallest absolute Gasteiger partial charge is 0.266 e. The third-order valence-corrected chi connectivity index (χ3v) is 5.00. The maximum Gasteiger partial charge on any atom is 0.417 e. The molecule has 0 N–H and O–H groups in total. The van der Waals surface area contributed by atoms with Gasteiger partial charge in [0.1, 0.15) is 0 Å². The van der Waals surface area contributed by atoms with Crippen molar-refractivity contribution in [2.45, 2.75) is 17.5 Å². The fourth-order valence-corrected chi connectivity index (χ4v) is 3.27. The Labute approximate surface area is 140 Å². The van der Waals surface area contributed by atoms with Crippen LogP contribution in [0, 0.1) is 0 Å². The molecular weight excluding hydrogens is 397 g/mol. The minimum atomic E-state index is -4.66. The van der Waals surface area contributed by atoms with E-state index in [9.17, 15) is 21.6 Å². The highest BCUT2D eigenvalue weighted by Gasteiger charge is 2.34. The van der Waals surface area contributed by atoms with Crippen LogP contribution in [0.2, 0.25) is 0 Å². The van der Waals surface area contributed by atoms with Crippen LogP contribution in [0.15, 0.2) is 57.9 Å². The van der Waals surface area contributed by atoms with Gasteiger partial charge in [-0.25, -0.2) is 0 Å². The second kappa shape index (κ2) is 7.02. The van der Waals surface area contributed by atoms with Gasteiger partial charge in [-0.15, -0.1) is 0 Å². The molecular formula is C15H12BrF3O3S. The predicted molar refractivity (Wildman–Crippen MR) is 82.4 cm³/mol. The van der Waals surface area contributed by atoms with Gasteiger partial charge in [-0.1, -0.05) is 46.3 Å². The van der Waals surface area contributed by atoms with Gasteiger partial charge < -0.3 is 0 Å². The van der Waals surface area contributed by atoms with Gasteiger partial charge in [0, 0.05) is 4.47 Å². The van der Waals surface area contributed by atoms with Crippen molar-refractivity contribution >= 4 is 26.0 Å². The van der Waals surface area contributed by atoms with Crippen molar-refractivity contribution in [3.05, 3.63) is 64.1 Å². The summed E-state index contributed by atoms with van der Waals surface area (Å²) in [6.07, 6.45) is -4.32. The first-order valence-electron chi connectivity index (χ1n) is 6.50. The van der Waals surface area contributed by atoms with Crippen molar-refractivity contribution in [3.63, 3.8) is 0 Å². The summed E-state index contributed by atoms with van der Waals surface area (Å²) in [7, 11) is -4.25. The van der Waals surface area contributed by atoms with Crippen LogP contribution in [-0.4, -0.2) is 15.0 Å². The lowest BCUT2D eigenvalue weighted by Gasteiger charge is -2.11. The van der Waals surface area contributed by atoms with E-state index in [4.69, 9.17) is 4.18 Å². The maximum atomic E-state index is 12.8. The number of halogens is 4. The summed E-state index contributed by atoms with van der Waals surface area (Å²) in [6, 6.07) is 11.7. The van der Waals surface area contributed by atoms with Crippen LogP contribution < -0.4 is 0 Å². The van der Waals surface area contributed by atoms with Gasteiger partial charge in [-0.3, -0.25) is 4.18 Å². The SMILES string of the molecule is O=S(=O)(OCCc1ccccc1)c1ccc(Br)c(C(F)(F)F)c1. The molecule has 2 rings (SSSR count). The Hall–Kier alpha value is -1.38. The van der Waals surface area contributed by atoms with Crippen LogP contribution in [0.25, 0.3) is 0 Å². The molecule has 0 spiro atoms. The van der Waals surface area contributed by atoms with Crippen LogP contribution >= 0.6 is 15.9 Å². The van der Waals surface area contributed by atoms with E-state index >= 15 is 0 Å². The van der Waals surface area contributed by atoms with Crippen molar-refractivity contribution in [1.29, 1.82) is 0 Å². The molecule has 2 aromatic carbocycles. The first-order valence-corrected chi connectivity index (χ1v) is 8.70. The summed E-state index contributed by atoms with van der Waals surface area (Å²) in [5, 5.41) is 0. The van der Waals surface area contributed by atoms with Crippen LogP contribution in [-0.2, 0) is 26.9 Å². The lowest BCUT2D eigenvalue weighted by atomic mass is 10.2. The second-order valence-corrected chi connectivity index (χ2v) is 7.12. The third-order valence-electron chi connectivity index (χ3n) is 3.00. The van der Waals surface area contributed by atoms with E-state index in [0.717, 1.165) is 17.7 Å². The van der Waals surface area contributed by atoms with Gasteiger partial charge in [0.2, 0.25) is 0 Å². The fourth-order valence-electron chi connectivity index (χ4n) is 1.86. The van der Waals surface area contributed by atoms with Crippen molar-refractivity contribution in [2.75, 3.05) is 6.61 Å². The Bertz CT molecular complexity index is 774. The second-order valence-electron chi connectivity index (χ2n) is 4.65. The lowest BCUT2D eigenvalue weighted by Crippen LogP contribution is -2.12. The predicted octanol–water partition coefficient (Wildman–Crippen LogP) is 4.42. The molecule has 0 fully saturated rings. The third kappa shape index (κ3) is 4.79. The molecule has 0 saturated heterocycles. The van der Waals surface area contributed by atoms with Gasteiger partial charge in [-0.2, -0.15) is 21.6 Å². The topological polar surface area (TPSA) is 43.4 Å². The highest BCUT2D eigenvalue weighted by atomic mass is 79.9. The van der Waals surface area contributed by atoms with Crippen molar-refractivity contribution in [2.24, 2.45) is 0 Å². The lowest BCUT2D eigenvalue weighted by molar-refractivity contribution is -0.138. The van der Waals surface area contributed by atoms with Crippen molar-refractivity contribution in [3.8, 4) is 0 Å². The molecule has 0 unspecified atom stereocenters. The zero-order valence-corrected chi connectivity index (χ0v) is 14.1. The molecule has 0 heterocycles. The zero-order valence-electron chi connectivity index (χ0n) is 11.7. The summed E-state index contributed by atoms with van der Waals surface area (Å²) in [4.78, 5) is -0.527. The molecule has 0 bridgehead atoms. The fraction of sp³-hybridized carbons (Fsp3) is 0.200. The largest absolute Gasteiger partial charge is 0.417 e. The van der Waals surface area contributed by atoms with Crippen LogP contribution in [0.4, 0.5) is 13.2 Å². The molecule has 0 radical (unpaired) electrons. The Kier molecular flexibility index (Phi) is 5.49. The van der Waals surface area contributed by atoms with Gasteiger partial charge in [0.05, 0.1) is 17.1 Å². The molecule has 2 aromatic rings. The van der Waals surface area contributed by atoms with Crippen molar-refractivity contribution < 1.29 is 25.8 Å². The highest BCUT2D eigenvalue weighted by Crippen LogP contribution is 2.36. The first-order chi connectivity index (χ1) is 10.7. The number of rotatable bonds is 5. The van der Waals surface area contributed by atoms with E-state index in [1.165, 1.54) is 0 Å². The van der Waals surface area contributed by atoms with E-state index in [2.05, 4.69) is 15.9 Å². The monoisotopic (exact) mass is 408 g/mol. The minimum Gasteiger partial charge on any atom is -0.266 e. The molecule has 0 aromatic heterocycles. The Morgan fingerprint density at radius 3 is 2.30 bits per heavy atom. The molecule has 0 atom stereocenters. The summed E-state index contributed by atoms with van der Waals surface area (Å²) < 4.78 is 67.1. The van der Waals surface area contributed by atoms with Gasteiger partial charge in [0.25, 0.3) is 10.1 Å². The van der Waals surface area contributed by atoms with Gasteiger partial charge >= 0.3 is 6.18 Å². The maximum absolute atomic E-state index is 12.8. The number of benzene rings is 2. The summed E-state index contributed by atoms with van der Waals surface area (Å²) in [6.45, 7) is -0.149. The Morgan fingerprint density at radius 2 is 1.70 bits per heavy atom.